The van der Waals surface area contributed by atoms with Gasteiger partial charge in [-0.15, -0.1) is 0 Å². The maximum Gasteiger partial charge on any atom is 0.220 e. The van der Waals surface area contributed by atoms with Crippen LogP contribution in [-0.2, 0) is 33.2 Å². The van der Waals surface area contributed by atoms with Crippen LogP contribution in [0.25, 0.3) is 0 Å². The third kappa shape index (κ3) is 47.1. The van der Waals surface area contributed by atoms with E-state index in [1.54, 1.807) is 0 Å². The summed E-state index contributed by atoms with van der Waals surface area (Å²) in [6, 6.07) is -0.891. The minimum Gasteiger partial charge on any atom is -0.394 e. The predicted octanol–water partition coefficient (Wildman–Crippen LogP) is 16.2. The van der Waals surface area contributed by atoms with Gasteiger partial charge < -0.3 is 89.9 Å². The Balaban J connectivity index is 1.33. The highest BCUT2D eigenvalue weighted by atomic mass is 16.8. The maximum atomic E-state index is 13.5. The number of aliphatic hydroxyl groups excluding tert-OH is 11. The number of hydrogen-bond donors (Lipinski definition) is 12. The molecule has 3 aliphatic rings. The van der Waals surface area contributed by atoms with Gasteiger partial charge in [0.15, 0.2) is 18.9 Å². The molecule has 12 N–H and O–H groups in total. The van der Waals surface area contributed by atoms with Gasteiger partial charge >= 0.3 is 0 Å². The van der Waals surface area contributed by atoms with Crippen LogP contribution in [0.5, 0.6) is 0 Å². The molecule has 19 nitrogen and oxygen atoms in total. The van der Waals surface area contributed by atoms with Crippen LogP contribution in [0, 0.1) is 0 Å². The second-order valence-corrected chi connectivity index (χ2v) is 31.3. The summed E-state index contributed by atoms with van der Waals surface area (Å²) in [4.78, 5) is 13.5. The van der Waals surface area contributed by atoms with Gasteiger partial charge in [-0.25, -0.2) is 0 Å². The second kappa shape index (κ2) is 67.9. The molecular formula is C88H161NO18. The second-order valence-electron chi connectivity index (χ2n) is 31.3. The van der Waals surface area contributed by atoms with E-state index in [4.69, 9.17) is 28.4 Å². The molecule has 3 aliphatic heterocycles. The Bertz CT molecular complexity index is 2160. The van der Waals surface area contributed by atoms with Gasteiger partial charge in [-0.1, -0.05) is 357 Å². The molecule has 0 spiro atoms. The molecule has 3 fully saturated rings. The normalized spacial score (nSPS) is 25.8. The Morgan fingerprint density at radius 3 is 1.01 bits per heavy atom. The highest BCUT2D eigenvalue weighted by Crippen LogP contribution is 2.34. The van der Waals surface area contributed by atoms with E-state index in [-0.39, 0.29) is 18.9 Å². The van der Waals surface area contributed by atoms with E-state index in [2.05, 4.69) is 79.9 Å². The third-order valence-corrected chi connectivity index (χ3v) is 21.9. The van der Waals surface area contributed by atoms with Gasteiger partial charge in [0.1, 0.15) is 73.2 Å². The lowest BCUT2D eigenvalue weighted by molar-refractivity contribution is -0.379. The lowest BCUT2D eigenvalue weighted by Gasteiger charge is -2.48. The summed E-state index contributed by atoms with van der Waals surface area (Å²) < 4.78 is 34.6. The number of carbonyl (C=O) groups excluding carboxylic acids is 1. The quantitative estimate of drug-likeness (QED) is 0.0199. The topological polar surface area (TPSA) is 307 Å². The van der Waals surface area contributed by atoms with Crippen molar-refractivity contribution in [1.82, 2.24) is 5.32 Å². The Morgan fingerprint density at radius 1 is 0.346 bits per heavy atom. The minimum absolute atomic E-state index is 0.238. The fraction of sp³-hybridized carbons (Fsp3) is 0.875. The van der Waals surface area contributed by atoms with Crippen molar-refractivity contribution in [3.63, 3.8) is 0 Å². The van der Waals surface area contributed by atoms with Crippen molar-refractivity contribution >= 4 is 5.91 Å². The molecule has 1 amide bonds. The van der Waals surface area contributed by atoms with Crippen LogP contribution < -0.4 is 5.32 Å². The van der Waals surface area contributed by atoms with E-state index >= 15 is 0 Å². The third-order valence-electron chi connectivity index (χ3n) is 21.9. The van der Waals surface area contributed by atoms with E-state index in [9.17, 15) is 61.0 Å². The molecule has 107 heavy (non-hydrogen) atoms. The number of nitrogens with one attached hydrogen (secondary N) is 1. The van der Waals surface area contributed by atoms with E-state index in [1.165, 1.54) is 250 Å². The Labute approximate surface area is 649 Å². The molecule has 3 rings (SSSR count). The average Bonchev–Trinajstić information content (AvgIpc) is 0.782. The van der Waals surface area contributed by atoms with Gasteiger partial charge in [-0.05, 0) is 57.8 Å². The number of hydrogen-bond acceptors (Lipinski definition) is 18. The summed E-state index contributed by atoms with van der Waals surface area (Å²) in [7, 11) is 0. The first-order chi connectivity index (χ1) is 52.3. The number of amides is 1. The largest absolute Gasteiger partial charge is 0.394 e. The van der Waals surface area contributed by atoms with E-state index in [0.29, 0.717) is 12.8 Å². The summed E-state index contributed by atoms with van der Waals surface area (Å²) >= 11 is 0. The molecular weight excluding hydrogens is 1360 g/mol. The number of ether oxygens (including phenoxy) is 6. The van der Waals surface area contributed by atoms with Gasteiger partial charge in [-0.3, -0.25) is 4.79 Å². The van der Waals surface area contributed by atoms with E-state index < -0.39 is 124 Å². The van der Waals surface area contributed by atoms with Crippen molar-refractivity contribution in [2.24, 2.45) is 0 Å². The molecule has 0 aromatic carbocycles. The number of carbonyl (C=O) groups is 1. The zero-order chi connectivity index (χ0) is 77.4. The molecule has 17 unspecified atom stereocenters. The lowest BCUT2D eigenvalue weighted by atomic mass is 9.96. The average molecular weight is 1520 g/mol. The first-order valence-corrected chi connectivity index (χ1v) is 44.0. The molecule has 0 bridgehead atoms. The first-order valence-electron chi connectivity index (χ1n) is 44.0. The summed E-state index contributed by atoms with van der Waals surface area (Å²) in [5.74, 6) is -0.238. The fourth-order valence-corrected chi connectivity index (χ4v) is 14.9. The molecule has 0 radical (unpaired) electrons. The maximum absolute atomic E-state index is 13.5. The number of rotatable bonds is 71. The van der Waals surface area contributed by atoms with Crippen LogP contribution in [-0.4, -0.2) is 193 Å². The Morgan fingerprint density at radius 2 is 0.645 bits per heavy atom. The molecule has 19 heteroatoms. The van der Waals surface area contributed by atoms with Crippen molar-refractivity contribution in [2.75, 3.05) is 26.4 Å². The summed E-state index contributed by atoms with van der Waals surface area (Å²) in [6.45, 7) is 1.75. The SMILES string of the molecule is CC/C=C\C/C=C\C/C=C\C/C=C\C/C=C\CCCCCCCCCCCCCCCCCCCC(=O)NC(COC1OC(CO)C(OC2OC(CO)C(OC3OC(CO)C(O)C(O)C3O)C(O)C2O)C(O)C1O)C(O)CCCCCCCCCCCCCCCCCCCCCCCCCCCCCCC. The molecule has 3 heterocycles. The summed E-state index contributed by atoms with van der Waals surface area (Å²) in [5.41, 5.74) is 0. The standard InChI is InChI=1S/C88H161NO18/c1-3-5-7-9-11-13-15-17-19-21-23-25-27-29-31-33-34-35-36-38-40-42-44-46-48-50-52-54-56-58-60-62-64-66-76(94)89-71(72(93)65-63-61-59-57-55-53-51-49-47-45-43-41-39-37-32-30-28-26-24-22-20-18-16-14-12-10-8-6-4-2)70-102-86-82(100)79(97)84(74(68-91)104-86)107-88-83(101)80(98)85(75(69-92)105-88)106-87-81(99)78(96)77(95)73(67-90)103-87/h5,7,11,13,17,19,23,25,29,31,71-75,77-88,90-93,95-101H,3-4,6,8-10,12,14-16,18,20-22,24,26-28,30,32-70H2,1-2H3,(H,89,94)/b7-5-,13-11-,19-17-,25-23-,31-29-. The number of allylic oxidation sites excluding steroid dienone is 10. The predicted molar refractivity (Wildman–Crippen MR) is 429 cm³/mol. The van der Waals surface area contributed by atoms with E-state index in [0.717, 1.165) is 77.0 Å². The van der Waals surface area contributed by atoms with Gasteiger partial charge in [0, 0.05) is 6.42 Å². The zero-order valence-corrected chi connectivity index (χ0v) is 67.4. The van der Waals surface area contributed by atoms with Crippen LogP contribution in [0.15, 0.2) is 60.8 Å². The number of unbranched alkanes of at least 4 members (excludes halogenated alkanes) is 45. The fourth-order valence-electron chi connectivity index (χ4n) is 14.9. The molecule has 0 saturated carbocycles. The molecule has 0 aliphatic carbocycles. The summed E-state index contributed by atoms with van der Waals surface area (Å²) in [6.07, 6.45) is 61.7. The molecule has 17 atom stereocenters. The van der Waals surface area contributed by atoms with Crippen molar-refractivity contribution in [1.29, 1.82) is 0 Å². The highest BCUT2D eigenvalue weighted by Gasteiger charge is 2.54. The van der Waals surface area contributed by atoms with Crippen molar-refractivity contribution < 1.29 is 89.4 Å². The van der Waals surface area contributed by atoms with Crippen LogP contribution in [0.2, 0.25) is 0 Å². The van der Waals surface area contributed by atoms with Gasteiger partial charge in [0.05, 0.1) is 38.6 Å². The monoisotopic (exact) mass is 1520 g/mol. The van der Waals surface area contributed by atoms with Crippen LogP contribution in [0.1, 0.15) is 361 Å². The molecule has 0 aromatic rings. The highest BCUT2D eigenvalue weighted by molar-refractivity contribution is 5.76. The number of aliphatic hydroxyl groups is 11. The van der Waals surface area contributed by atoms with Crippen molar-refractivity contribution in [2.45, 2.75) is 465 Å². The van der Waals surface area contributed by atoms with Gasteiger partial charge in [0.2, 0.25) is 5.91 Å². The Kier molecular flexibility index (Phi) is 62.7. The minimum atomic E-state index is -1.97. The Hall–Kier alpha value is -2.51. The van der Waals surface area contributed by atoms with Crippen LogP contribution >= 0.6 is 0 Å². The van der Waals surface area contributed by atoms with Crippen molar-refractivity contribution in [3.8, 4) is 0 Å². The first kappa shape index (κ1) is 98.7. The molecule has 626 valence electrons. The van der Waals surface area contributed by atoms with Gasteiger partial charge in [-0.2, -0.15) is 0 Å². The van der Waals surface area contributed by atoms with E-state index in [1.807, 2.05) is 0 Å². The smallest absolute Gasteiger partial charge is 0.220 e. The van der Waals surface area contributed by atoms with Crippen LogP contribution in [0.3, 0.4) is 0 Å². The molecule has 3 saturated heterocycles. The zero-order valence-electron chi connectivity index (χ0n) is 67.4. The lowest BCUT2D eigenvalue weighted by Crippen LogP contribution is -2.66. The van der Waals surface area contributed by atoms with Crippen LogP contribution in [0.4, 0.5) is 0 Å². The summed E-state index contributed by atoms with van der Waals surface area (Å²) in [5, 5.41) is 121. The van der Waals surface area contributed by atoms with Gasteiger partial charge in [0.25, 0.3) is 0 Å². The van der Waals surface area contributed by atoms with Crippen molar-refractivity contribution in [3.05, 3.63) is 60.8 Å². The molecule has 0 aromatic heterocycles.